The zero-order valence-electron chi connectivity index (χ0n) is 9.50. The zero-order chi connectivity index (χ0) is 12.1. The highest BCUT2D eigenvalue weighted by Gasteiger charge is 1.99. The van der Waals surface area contributed by atoms with Gasteiger partial charge in [0.1, 0.15) is 5.82 Å². The summed E-state index contributed by atoms with van der Waals surface area (Å²) in [5, 5.41) is 2.99. The molecule has 0 unspecified atom stereocenters. The number of nitrogens with one attached hydrogen (secondary N) is 1. The van der Waals surface area contributed by atoms with Crippen LogP contribution in [0.3, 0.4) is 0 Å². The molecule has 0 aliphatic heterocycles. The highest BCUT2D eigenvalue weighted by atomic mass is 19.1. The van der Waals surface area contributed by atoms with Crippen molar-refractivity contribution in [3.8, 4) is 11.8 Å². The summed E-state index contributed by atoms with van der Waals surface area (Å²) in [4.78, 5) is 0. The first-order valence-corrected chi connectivity index (χ1v) is 5.34. The predicted molar refractivity (Wildman–Crippen MR) is 68.4 cm³/mol. The molecule has 0 aromatic heterocycles. The van der Waals surface area contributed by atoms with Gasteiger partial charge in [0.25, 0.3) is 0 Å². The van der Waals surface area contributed by atoms with Crippen LogP contribution in [0.4, 0.5) is 10.1 Å². The summed E-state index contributed by atoms with van der Waals surface area (Å²) in [6, 6.07) is 14.2. The third-order valence-electron chi connectivity index (χ3n) is 2.37. The maximum Gasteiger partial charge on any atom is 0.124 e. The van der Waals surface area contributed by atoms with Crippen LogP contribution in [-0.2, 0) is 0 Å². The van der Waals surface area contributed by atoms with Gasteiger partial charge >= 0.3 is 0 Å². The van der Waals surface area contributed by atoms with E-state index in [1.807, 2.05) is 30.3 Å². The lowest BCUT2D eigenvalue weighted by molar-refractivity contribution is 0.627. The van der Waals surface area contributed by atoms with Gasteiger partial charge in [-0.05, 0) is 30.3 Å². The van der Waals surface area contributed by atoms with Gasteiger partial charge in [-0.15, -0.1) is 0 Å². The highest BCUT2D eigenvalue weighted by molar-refractivity contribution is 5.60. The second kappa shape index (κ2) is 5.18. The summed E-state index contributed by atoms with van der Waals surface area (Å²) < 4.78 is 13.1. The van der Waals surface area contributed by atoms with Crippen LogP contribution in [0.5, 0.6) is 0 Å². The summed E-state index contributed by atoms with van der Waals surface area (Å²) in [6.45, 7) is 0. The minimum absolute atomic E-state index is 0.277. The monoisotopic (exact) mass is 225 g/mol. The molecule has 0 atom stereocenters. The first-order chi connectivity index (χ1) is 8.29. The van der Waals surface area contributed by atoms with E-state index in [0.29, 0.717) is 5.56 Å². The average Bonchev–Trinajstić information content (AvgIpc) is 2.38. The molecular weight excluding hydrogens is 213 g/mol. The van der Waals surface area contributed by atoms with Crippen LogP contribution in [0.25, 0.3) is 0 Å². The fourth-order valence-electron chi connectivity index (χ4n) is 1.50. The minimum atomic E-state index is -0.277. The Morgan fingerprint density at radius 2 is 1.76 bits per heavy atom. The molecule has 0 saturated heterocycles. The van der Waals surface area contributed by atoms with Gasteiger partial charge in [-0.3, -0.25) is 0 Å². The largest absolute Gasteiger partial charge is 0.387 e. The summed E-state index contributed by atoms with van der Waals surface area (Å²) in [5.74, 6) is 5.70. The van der Waals surface area contributed by atoms with E-state index in [9.17, 15) is 4.39 Å². The van der Waals surface area contributed by atoms with Crippen molar-refractivity contribution in [2.45, 2.75) is 0 Å². The first-order valence-electron chi connectivity index (χ1n) is 5.34. The Morgan fingerprint density at radius 1 is 1.00 bits per heavy atom. The molecule has 0 aliphatic rings. The maximum atomic E-state index is 13.1. The van der Waals surface area contributed by atoms with E-state index in [1.165, 1.54) is 12.1 Å². The Hall–Kier alpha value is -2.27. The lowest BCUT2D eigenvalue weighted by Crippen LogP contribution is -1.92. The SMILES string of the molecule is CNc1ccc(F)cc1C#Cc1ccccc1. The van der Waals surface area contributed by atoms with E-state index in [2.05, 4.69) is 17.2 Å². The predicted octanol–water partition coefficient (Wildman–Crippen LogP) is 3.27. The molecule has 17 heavy (non-hydrogen) atoms. The fraction of sp³-hybridized carbons (Fsp3) is 0.0667. The molecule has 0 saturated carbocycles. The Balaban J connectivity index is 2.36. The molecule has 2 rings (SSSR count). The molecule has 2 aromatic rings. The number of hydrogen-bond acceptors (Lipinski definition) is 1. The van der Waals surface area contributed by atoms with Gasteiger partial charge in [-0.1, -0.05) is 30.0 Å². The molecule has 0 spiro atoms. The molecule has 0 heterocycles. The molecule has 1 nitrogen and oxygen atoms in total. The van der Waals surface area contributed by atoms with Gasteiger partial charge in [0, 0.05) is 18.3 Å². The normalized spacial score (nSPS) is 9.29. The van der Waals surface area contributed by atoms with Gasteiger partial charge in [0.2, 0.25) is 0 Å². The fourth-order valence-corrected chi connectivity index (χ4v) is 1.50. The number of hydrogen-bond donors (Lipinski definition) is 1. The Bertz CT molecular complexity index is 564. The van der Waals surface area contributed by atoms with Crippen molar-refractivity contribution in [2.75, 3.05) is 12.4 Å². The maximum absolute atomic E-state index is 13.1. The summed E-state index contributed by atoms with van der Waals surface area (Å²) in [5.41, 5.74) is 2.41. The van der Waals surface area contributed by atoms with Crippen LogP contribution >= 0.6 is 0 Å². The van der Waals surface area contributed by atoms with Crippen molar-refractivity contribution >= 4 is 5.69 Å². The van der Waals surface area contributed by atoms with Crippen LogP contribution in [0.2, 0.25) is 0 Å². The second-order valence-electron chi connectivity index (χ2n) is 3.56. The van der Waals surface area contributed by atoms with E-state index in [0.717, 1.165) is 11.3 Å². The summed E-state index contributed by atoms with van der Waals surface area (Å²) in [7, 11) is 1.79. The molecule has 0 bridgehead atoms. The van der Waals surface area contributed by atoms with Gasteiger partial charge in [0.05, 0.1) is 5.56 Å². The number of rotatable bonds is 1. The van der Waals surface area contributed by atoms with Crippen molar-refractivity contribution in [2.24, 2.45) is 0 Å². The Labute approximate surface area is 100 Å². The molecule has 0 fully saturated rings. The van der Waals surface area contributed by atoms with Crippen molar-refractivity contribution in [3.05, 3.63) is 65.5 Å². The second-order valence-corrected chi connectivity index (χ2v) is 3.56. The molecule has 2 heteroatoms. The molecule has 0 radical (unpaired) electrons. The van der Waals surface area contributed by atoms with Crippen molar-refractivity contribution < 1.29 is 4.39 Å². The quantitative estimate of drug-likeness (QED) is 0.734. The first kappa shape index (κ1) is 11.2. The van der Waals surface area contributed by atoms with Gasteiger partial charge in [0.15, 0.2) is 0 Å². The van der Waals surface area contributed by atoms with E-state index >= 15 is 0 Å². The van der Waals surface area contributed by atoms with E-state index in [1.54, 1.807) is 13.1 Å². The average molecular weight is 225 g/mol. The van der Waals surface area contributed by atoms with Crippen LogP contribution in [0, 0.1) is 17.7 Å². The molecule has 0 aliphatic carbocycles. The lowest BCUT2D eigenvalue weighted by Gasteiger charge is -2.02. The van der Waals surface area contributed by atoms with Gasteiger partial charge in [-0.25, -0.2) is 4.39 Å². The van der Waals surface area contributed by atoms with Crippen molar-refractivity contribution in [1.82, 2.24) is 0 Å². The van der Waals surface area contributed by atoms with E-state index < -0.39 is 0 Å². The molecular formula is C15H12FN. The third-order valence-corrected chi connectivity index (χ3v) is 2.37. The van der Waals surface area contributed by atoms with Crippen LogP contribution in [-0.4, -0.2) is 7.05 Å². The number of halogens is 1. The molecule has 1 N–H and O–H groups in total. The Morgan fingerprint density at radius 3 is 2.47 bits per heavy atom. The molecule has 84 valence electrons. The summed E-state index contributed by atoms with van der Waals surface area (Å²) >= 11 is 0. The zero-order valence-corrected chi connectivity index (χ0v) is 9.50. The number of benzene rings is 2. The van der Waals surface area contributed by atoms with Crippen molar-refractivity contribution in [1.29, 1.82) is 0 Å². The van der Waals surface area contributed by atoms with Gasteiger partial charge < -0.3 is 5.32 Å². The smallest absolute Gasteiger partial charge is 0.124 e. The van der Waals surface area contributed by atoms with Crippen LogP contribution in [0.15, 0.2) is 48.5 Å². The van der Waals surface area contributed by atoms with Crippen LogP contribution < -0.4 is 5.32 Å². The molecule has 0 amide bonds. The summed E-state index contributed by atoms with van der Waals surface area (Å²) in [6.07, 6.45) is 0. The molecule has 2 aromatic carbocycles. The topological polar surface area (TPSA) is 12.0 Å². The van der Waals surface area contributed by atoms with E-state index in [-0.39, 0.29) is 5.82 Å². The third kappa shape index (κ3) is 2.85. The highest BCUT2D eigenvalue weighted by Crippen LogP contribution is 2.15. The lowest BCUT2D eigenvalue weighted by atomic mass is 10.1. The van der Waals surface area contributed by atoms with Crippen LogP contribution in [0.1, 0.15) is 11.1 Å². The minimum Gasteiger partial charge on any atom is -0.387 e. The Kier molecular flexibility index (Phi) is 3.42. The van der Waals surface area contributed by atoms with Crippen molar-refractivity contribution in [3.63, 3.8) is 0 Å². The number of anilines is 1. The van der Waals surface area contributed by atoms with Gasteiger partial charge in [-0.2, -0.15) is 0 Å². The van der Waals surface area contributed by atoms with E-state index in [4.69, 9.17) is 0 Å². The standard InChI is InChI=1S/C15H12FN/c1-17-15-10-9-14(16)11-13(15)8-7-12-5-3-2-4-6-12/h2-6,9-11,17H,1H3.